The monoisotopic (exact) mass is 368 g/mol. The number of thioether (sulfide) groups is 1. The maximum absolute atomic E-state index is 12.2. The highest BCUT2D eigenvalue weighted by atomic mass is 35.5. The molecule has 0 saturated heterocycles. The van der Waals surface area contributed by atoms with Gasteiger partial charge in [-0.25, -0.2) is 0 Å². The van der Waals surface area contributed by atoms with Crippen LogP contribution >= 0.6 is 34.7 Å². The Morgan fingerprint density at radius 3 is 3.00 bits per heavy atom. The van der Waals surface area contributed by atoms with Crippen molar-refractivity contribution in [2.75, 3.05) is 11.9 Å². The quantitative estimate of drug-likeness (QED) is 0.550. The Bertz CT molecular complexity index is 677. The van der Waals surface area contributed by atoms with Gasteiger partial charge in [-0.2, -0.15) is 0 Å². The fraction of sp³-hybridized carbons (Fsp3) is 0.267. The van der Waals surface area contributed by atoms with Gasteiger partial charge in [0.05, 0.1) is 5.25 Å². The number of nitrogens with one attached hydrogen (secondary N) is 2. The first-order chi connectivity index (χ1) is 11.1. The predicted octanol–water partition coefficient (Wildman–Crippen LogP) is 3.59. The molecule has 0 saturated carbocycles. The Labute approximate surface area is 148 Å². The van der Waals surface area contributed by atoms with E-state index in [1.165, 1.54) is 23.1 Å². The Hall–Kier alpha value is -1.57. The van der Waals surface area contributed by atoms with Gasteiger partial charge < -0.3 is 10.6 Å². The van der Waals surface area contributed by atoms with Crippen molar-refractivity contribution in [3.05, 3.63) is 47.5 Å². The van der Waals surface area contributed by atoms with E-state index in [0.717, 1.165) is 15.0 Å². The number of carbonyl (C=O) groups is 1. The summed E-state index contributed by atoms with van der Waals surface area (Å²) in [5.41, 5.74) is 0.895. The van der Waals surface area contributed by atoms with Crippen LogP contribution in [-0.2, 0) is 11.3 Å². The molecule has 1 atom stereocenters. The minimum atomic E-state index is -0.266. The fourth-order valence-electron chi connectivity index (χ4n) is 1.66. The van der Waals surface area contributed by atoms with Crippen LogP contribution < -0.4 is 10.6 Å². The van der Waals surface area contributed by atoms with E-state index in [9.17, 15) is 4.79 Å². The van der Waals surface area contributed by atoms with Gasteiger partial charge in [0, 0.05) is 18.1 Å². The summed E-state index contributed by atoms with van der Waals surface area (Å²) < 4.78 is 0.747. The van der Waals surface area contributed by atoms with Gasteiger partial charge in [-0.15, -0.1) is 16.8 Å². The van der Waals surface area contributed by atoms with Crippen LogP contribution in [0.5, 0.6) is 0 Å². The predicted molar refractivity (Wildman–Crippen MR) is 97.2 cm³/mol. The topological polar surface area (TPSA) is 66.9 Å². The van der Waals surface area contributed by atoms with E-state index in [2.05, 4.69) is 27.4 Å². The van der Waals surface area contributed by atoms with Gasteiger partial charge in [0.1, 0.15) is 0 Å². The number of hydrogen-bond acceptors (Lipinski definition) is 6. The van der Waals surface area contributed by atoms with Crippen LogP contribution in [0.4, 0.5) is 5.13 Å². The summed E-state index contributed by atoms with van der Waals surface area (Å²) in [6.07, 6.45) is 1.75. The molecule has 1 heterocycles. The Balaban J connectivity index is 1.84. The number of hydrogen-bond donors (Lipinski definition) is 2. The summed E-state index contributed by atoms with van der Waals surface area (Å²) in [5.74, 6) is -0.0641. The molecule has 122 valence electrons. The summed E-state index contributed by atoms with van der Waals surface area (Å²) in [6.45, 7) is 6.51. The number of nitrogens with zero attached hydrogens (tertiary/aromatic N) is 2. The molecule has 5 nitrogen and oxygen atoms in total. The van der Waals surface area contributed by atoms with Gasteiger partial charge in [-0.05, 0) is 18.6 Å². The van der Waals surface area contributed by atoms with Gasteiger partial charge in [-0.3, -0.25) is 4.79 Å². The summed E-state index contributed by atoms with van der Waals surface area (Å²) in [6, 6.07) is 7.45. The Kier molecular flexibility index (Phi) is 6.88. The molecule has 0 radical (unpaired) electrons. The number of amides is 1. The average Bonchev–Trinajstić information content (AvgIpc) is 2.99. The number of anilines is 1. The molecule has 0 unspecified atom stereocenters. The smallest absolute Gasteiger partial charge is 0.233 e. The Morgan fingerprint density at radius 2 is 2.26 bits per heavy atom. The summed E-state index contributed by atoms with van der Waals surface area (Å²) in [5, 5.41) is 15.1. The van der Waals surface area contributed by atoms with Gasteiger partial charge in [0.15, 0.2) is 4.34 Å². The summed E-state index contributed by atoms with van der Waals surface area (Å²) in [4.78, 5) is 12.2. The van der Waals surface area contributed by atoms with E-state index >= 15 is 0 Å². The molecule has 0 bridgehead atoms. The second kappa shape index (κ2) is 8.90. The highest BCUT2D eigenvalue weighted by Gasteiger charge is 2.17. The maximum atomic E-state index is 12.2. The lowest BCUT2D eigenvalue weighted by molar-refractivity contribution is -0.120. The van der Waals surface area contributed by atoms with Crippen molar-refractivity contribution in [3.63, 3.8) is 0 Å². The SMILES string of the molecule is C=CCNc1nnc(S[C@@H](C)C(=O)NCc2ccccc2Cl)s1. The zero-order chi connectivity index (χ0) is 16.7. The van der Waals surface area contributed by atoms with Crippen LogP contribution in [-0.4, -0.2) is 27.9 Å². The molecule has 2 N–H and O–H groups in total. The van der Waals surface area contributed by atoms with Crippen molar-refractivity contribution >= 4 is 45.7 Å². The highest BCUT2D eigenvalue weighted by Crippen LogP contribution is 2.28. The van der Waals surface area contributed by atoms with Gasteiger partial charge >= 0.3 is 0 Å². The van der Waals surface area contributed by atoms with E-state index in [1.54, 1.807) is 12.1 Å². The Morgan fingerprint density at radius 1 is 1.48 bits per heavy atom. The zero-order valence-corrected chi connectivity index (χ0v) is 15.0. The molecular weight excluding hydrogens is 352 g/mol. The number of halogens is 1. The lowest BCUT2D eigenvalue weighted by Crippen LogP contribution is -2.30. The van der Waals surface area contributed by atoms with Crippen LogP contribution in [0.15, 0.2) is 41.3 Å². The zero-order valence-electron chi connectivity index (χ0n) is 12.6. The third-order valence-electron chi connectivity index (χ3n) is 2.86. The fourth-order valence-corrected chi connectivity index (χ4v) is 3.79. The largest absolute Gasteiger partial charge is 0.357 e. The van der Waals surface area contributed by atoms with Crippen molar-refractivity contribution in [3.8, 4) is 0 Å². The van der Waals surface area contributed by atoms with Gasteiger partial charge in [0.2, 0.25) is 11.0 Å². The van der Waals surface area contributed by atoms with Gasteiger partial charge in [0.25, 0.3) is 0 Å². The lowest BCUT2D eigenvalue weighted by Gasteiger charge is -2.11. The second-order valence-corrected chi connectivity index (χ2v) is 7.58. The number of aromatic nitrogens is 2. The molecule has 1 amide bonds. The molecule has 8 heteroatoms. The van der Waals surface area contributed by atoms with Crippen molar-refractivity contribution < 1.29 is 4.79 Å². The molecule has 0 fully saturated rings. The highest BCUT2D eigenvalue weighted by molar-refractivity contribution is 8.02. The number of benzene rings is 1. The third-order valence-corrected chi connectivity index (χ3v) is 5.30. The van der Waals surface area contributed by atoms with Gasteiger partial charge in [-0.1, -0.05) is 59.0 Å². The van der Waals surface area contributed by atoms with Crippen molar-refractivity contribution in [2.24, 2.45) is 0 Å². The molecule has 1 aromatic carbocycles. The summed E-state index contributed by atoms with van der Waals surface area (Å²) in [7, 11) is 0. The molecule has 0 aliphatic heterocycles. The third kappa shape index (κ3) is 5.53. The average molecular weight is 369 g/mol. The van der Waals surface area contributed by atoms with E-state index in [1.807, 2.05) is 25.1 Å². The molecule has 0 aliphatic rings. The van der Waals surface area contributed by atoms with E-state index < -0.39 is 0 Å². The lowest BCUT2D eigenvalue weighted by atomic mass is 10.2. The number of rotatable bonds is 8. The molecular formula is C15H17ClN4OS2. The van der Waals surface area contributed by atoms with Crippen LogP contribution in [0.1, 0.15) is 12.5 Å². The molecule has 0 spiro atoms. The van der Waals surface area contributed by atoms with Crippen molar-refractivity contribution in [1.82, 2.24) is 15.5 Å². The molecule has 2 rings (SSSR count). The normalized spacial score (nSPS) is 11.7. The van der Waals surface area contributed by atoms with E-state index in [0.29, 0.717) is 18.1 Å². The number of carbonyl (C=O) groups excluding carboxylic acids is 1. The first-order valence-corrected chi connectivity index (χ1v) is 9.03. The van der Waals surface area contributed by atoms with Crippen molar-refractivity contribution in [2.45, 2.75) is 23.1 Å². The molecule has 23 heavy (non-hydrogen) atoms. The van der Waals surface area contributed by atoms with E-state index in [4.69, 9.17) is 11.6 Å². The molecule has 0 aliphatic carbocycles. The standard InChI is InChI=1S/C15H17ClN4OS2/c1-3-8-17-14-19-20-15(23-14)22-10(2)13(21)18-9-11-6-4-5-7-12(11)16/h3-7,10H,1,8-9H2,2H3,(H,17,19)(H,18,21)/t10-/m0/s1. The molecule has 1 aromatic heterocycles. The first kappa shape index (κ1) is 17.8. The summed E-state index contributed by atoms with van der Waals surface area (Å²) >= 11 is 8.87. The van der Waals surface area contributed by atoms with Crippen LogP contribution in [0.3, 0.4) is 0 Å². The second-order valence-electron chi connectivity index (χ2n) is 4.61. The maximum Gasteiger partial charge on any atom is 0.233 e. The minimum Gasteiger partial charge on any atom is -0.357 e. The van der Waals surface area contributed by atoms with E-state index in [-0.39, 0.29) is 11.2 Å². The molecule has 2 aromatic rings. The van der Waals surface area contributed by atoms with Crippen molar-refractivity contribution in [1.29, 1.82) is 0 Å². The van der Waals surface area contributed by atoms with Crippen LogP contribution in [0, 0.1) is 0 Å². The minimum absolute atomic E-state index is 0.0641. The first-order valence-electron chi connectivity index (χ1n) is 6.96. The van der Waals surface area contributed by atoms with Crippen LogP contribution in [0.25, 0.3) is 0 Å². The van der Waals surface area contributed by atoms with Crippen LogP contribution in [0.2, 0.25) is 5.02 Å².